The van der Waals surface area contributed by atoms with E-state index in [1.807, 2.05) is 0 Å². The number of aromatic nitrogens is 1. The summed E-state index contributed by atoms with van der Waals surface area (Å²) in [6.45, 7) is 0.00633. The number of nitrogens with one attached hydrogen (secondary N) is 1. The molecule has 0 radical (unpaired) electrons. The number of anilines is 2. The summed E-state index contributed by atoms with van der Waals surface area (Å²) in [5.74, 6) is 0.532. The first kappa shape index (κ1) is 15.4. The van der Waals surface area contributed by atoms with Crippen molar-refractivity contribution in [2.75, 3.05) is 22.8 Å². The minimum atomic E-state index is -3.54. The number of nitrogen functional groups attached to an aromatic ring is 1. The highest BCUT2D eigenvalue weighted by Crippen LogP contribution is 2.15. The lowest BCUT2D eigenvalue weighted by Gasteiger charge is -2.09. The van der Waals surface area contributed by atoms with Gasteiger partial charge >= 0.3 is 0 Å². The van der Waals surface area contributed by atoms with Crippen molar-refractivity contribution in [1.29, 1.82) is 0 Å². The van der Waals surface area contributed by atoms with Crippen LogP contribution in [0.25, 0.3) is 0 Å². The number of nitrogens with zero attached hydrogens (tertiary/aromatic N) is 1. The summed E-state index contributed by atoms with van der Waals surface area (Å²) in [5, 5.41) is 0.433. The van der Waals surface area contributed by atoms with Crippen LogP contribution in [0.4, 0.5) is 11.5 Å². The highest BCUT2D eigenvalue weighted by Gasteiger charge is 2.11. The second kappa shape index (κ2) is 6.64. The molecule has 0 atom stereocenters. The number of nitrogens with two attached hydrogens (primary N) is 1. The zero-order valence-electron chi connectivity index (χ0n) is 11.0. The summed E-state index contributed by atoms with van der Waals surface area (Å²) in [6, 6.07) is 9.82. The van der Waals surface area contributed by atoms with Crippen molar-refractivity contribution < 1.29 is 13.2 Å². The molecule has 1 aromatic carbocycles. The Labute approximate surface area is 128 Å². The van der Waals surface area contributed by atoms with Gasteiger partial charge in [-0.25, -0.2) is 13.4 Å². The molecular weight excluding hydrogens is 314 g/mol. The summed E-state index contributed by atoms with van der Waals surface area (Å²) < 4.78 is 31.4. The van der Waals surface area contributed by atoms with Gasteiger partial charge in [-0.2, -0.15) is 0 Å². The van der Waals surface area contributed by atoms with E-state index in [-0.39, 0.29) is 18.2 Å². The number of pyridine rings is 1. The Hall–Kier alpha value is -1.99. The predicted octanol–water partition coefficient (Wildman–Crippen LogP) is 2.14. The van der Waals surface area contributed by atoms with Gasteiger partial charge in [-0.05, 0) is 24.3 Å². The third kappa shape index (κ3) is 5.13. The van der Waals surface area contributed by atoms with Crippen LogP contribution in [0.3, 0.4) is 0 Å². The Morgan fingerprint density at radius 2 is 2.10 bits per heavy atom. The summed E-state index contributed by atoms with van der Waals surface area (Å²) in [7, 11) is -3.54. The maximum atomic E-state index is 11.9. The molecule has 0 fully saturated rings. The van der Waals surface area contributed by atoms with Gasteiger partial charge < -0.3 is 10.5 Å². The Kier molecular flexibility index (Phi) is 4.87. The van der Waals surface area contributed by atoms with Crippen LogP contribution in [-0.4, -0.2) is 25.8 Å². The molecule has 1 heterocycles. The first-order valence-electron chi connectivity index (χ1n) is 6.05. The number of ether oxygens (including phenoxy) is 1. The molecule has 0 saturated heterocycles. The minimum Gasteiger partial charge on any atom is -0.492 e. The van der Waals surface area contributed by atoms with Gasteiger partial charge in [-0.1, -0.05) is 17.7 Å². The average molecular weight is 328 g/mol. The number of hydrogen-bond donors (Lipinski definition) is 2. The fraction of sp³-hybridized carbons (Fsp3) is 0.154. The highest BCUT2D eigenvalue weighted by atomic mass is 35.5. The van der Waals surface area contributed by atoms with Gasteiger partial charge in [0.15, 0.2) is 0 Å². The van der Waals surface area contributed by atoms with Crippen LogP contribution in [0.15, 0.2) is 42.6 Å². The lowest BCUT2D eigenvalue weighted by molar-refractivity contribution is 0.341. The van der Waals surface area contributed by atoms with Crippen molar-refractivity contribution in [2.24, 2.45) is 0 Å². The standard InChI is InChI=1S/C13H14ClN3O3S/c14-10-4-5-13(16-9-10)17-21(18,19)7-6-20-12-3-1-2-11(15)8-12/h1-5,8-9H,6-7,15H2,(H,16,17). The van der Waals surface area contributed by atoms with Gasteiger partial charge in [-0.15, -0.1) is 0 Å². The summed E-state index contributed by atoms with van der Waals surface area (Å²) >= 11 is 5.68. The quantitative estimate of drug-likeness (QED) is 0.793. The molecule has 112 valence electrons. The number of hydrogen-bond acceptors (Lipinski definition) is 5. The molecule has 0 aliphatic carbocycles. The minimum absolute atomic E-state index is 0.00633. The van der Waals surface area contributed by atoms with E-state index in [9.17, 15) is 8.42 Å². The zero-order valence-corrected chi connectivity index (χ0v) is 12.6. The summed E-state index contributed by atoms with van der Waals surface area (Å²) in [6.07, 6.45) is 1.36. The Balaban J connectivity index is 1.88. The van der Waals surface area contributed by atoms with Gasteiger partial charge in [-0.3, -0.25) is 4.72 Å². The van der Waals surface area contributed by atoms with Crippen molar-refractivity contribution in [3.63, 3.8) is 0 Å². The van der Waals surface area contributed by atoms with Crippen molar-refractivity contribution in [3.05, 3.63) is 47.6 Å². The van der Waals surface area contributed by atoms with Gasteiger partial charge in [0.2, 0.25) is 10.0 Å². The van der Waals surface area contributed by atoms with Crippen molar-refractivity contribution >= 4 is 33.1 Å². The molecule has 0 amide bonds. The van der Waals surface area contributed by atoms with Crippen molar-refractivity contribution in [1.82, 2.24) is 4.98 Å². The van der Waals surface area contributed by atoms with E-state index >= 15 is 0 Å². The maximum absolute atomic E-state index is 11.9. The Morgan fingerprint density at radius 3 is 2.76 bits per heavy atom. The van der Waals surface area contributed by atoms with Crippen LogP contribution in [0.1, 0.15) is 0 Å². The SMILES string of the molecule is Nc1cccc(OCCS(=O)(=O)Nc2ccc(Cl)cn2)c1. The number of rotatable bonds is 6. The van der Waals surface area contributed by atoms with Crippen LogP contribution in [0, 0.1) is 0 Å². The van der Waals surface area contributed by atoms with Crippen molar-refractivity contribution in [3.8, 4) is 5.75 Å². The average Bonchev–Trinajstić information content (AvgIpc) is 2.41. The molecule has 21 heavy (non-hydrogen) atoms. The van der Waals surface area contributed by atoms with Crippen LogP contribution in [0.5, 0.6) is 5.75 Å². The van der Waals surface area contributed by atoms with E-state index in [1.54, 1.807) is 30.3 Å². The van der Waals surface area contributed by atoms with Crippen LogP contribution >= 0.6 is 11.6 Å². The summed E-state index contributed by atoms with van der Waals surface area (Å²) in [4.78, 5) is 3.86. The molecule has 3 N–H and O–H groups in total. The molecule has 8 heteroatoms. The van der Waals surface area contributed by atoms with E-state index < -0.39 is 10.0 Å². The molecule has 1 aromatic heterocycles. The molecular formula is C13H14ClN3O3S. The lowest BCUT2D eigenvalue weighted by Crippen LogP contribution is -2.21. The van der Waals surface area contributed by atoms with Crippen LogP contribution in [0.2, 0.25) is 5.02 Å². The second-order valence-electron chi connectivity index (χ2n) is 4.20. The monoisotopic (exact) mass is 327 g/mol. The summed E-state index contributed by atoms with van der Waals surface area (Å²) in [5.41, 5.74) is 6.16. The third-order valence-electron chi connectivity index (χ3n) is 2.47. The highest BCUT2D eigenvalue weighted by molar-refractivity contribution is 7.92. The molecule has 0 aliphatic rings. The molecule has 6 nitrogen and oxygen atoms in total. The lowest BCUT2D eigenvalue weighted by atomic mass is 10.3. The topological polar surface area (TPSA) is 94.3 Å². The number of halogens is 1. The van der Waals surface area contributed by atoms with E-state index in [4.69, 9.17) is 22.1 Å². The fourth-order valence-corrected chi connectivity index (χ4v) is 2.48. The van der Waals surface area contributed by atoms with E-state index in [0.717, 1.165) is 0 Å². The second-order valence-corrected chi connectivity index (χ2v) is 6.48. The Bertz CT molecular complexity index is 705. The molecule has 0 bridgehead atoms. The van der Waals surface area contributed by atoms with Crippen molar-refractivity contribution in [2.45, 2.75) is 0 Å². The first-order chi connectivity index (χ1) is 9.94. The predicted molar refractivity (Wildman–Crippen MR) is 83.0 cm³/mol. The zero-order chi connectivity index (χ0) is 15.3. The normalized spacial score (nSPS) is 11.1. The molecule has 0 saturated carbocycles. The maximum Gasteiger partial charge on any atom is 0.237 e. The fourth-order valence-electron chi connectivity index (χ4n) is 1.52. The molecule has 0 aliphatic heterocycles. The first-order valence-corrected chi connectivity index (χ1v) is 8.08. The molecule has 0 unspecified atom stereocenters. The molecule has 2 rings (SSSR count). The third-order valence-corrected chi connectivity index (χ3v) is 3.91. The van der Waals surface area contributed by atoms with Gasteiger partial charge in [0.25, 0.3) is 0 Å². The van der Waals surface area contributed by atoms with Gasteiger partial charge in [0, 0.05) is 18.0 Å². The van der Waals surface area contributed by atoms with E-state index in [2.05, 4.69) is 9.71 Å². The van der Waals surface area contributed by atoms with Gasteiger partial charge in [0.05, 0.1) is 5.02 Å². The van der Waals surface area contributed by atoms with E-state index in [1.165, 1.54) is 12.3 Å². The van der Waals surface area contributed by atoms with E-state index in [0.29, 0.717) is 16.5 Å². The number of benzene rings is 1. The smallest absolute Gasteiger partial charge is 0.237 e. The molecule has 2 aromatic rings. The van der Waals surface area contributed by atoms with Crippen LogP contribution < -0.4 is 15.2 Å². The Morgan fingerprint density at radius 1 is 1.29 bits per heavy atom. The van der Waals surface area contributed by atoms with Crippen LogP contribution in [-0.2, 0) is 10.0 Å². The largest absolute Gasteiger partial charge is 0.492 e. The molecule has 0 spiro atoms. The van der Waals surface area contributed by atoms with Gasteiger partial charge in [0.1, 0.15) is 23.9 Å². The number of sulfonamides is 1.